The molecule has 0 radical (unpaired) electrons. The van der Waals surface area contributed by atoms with Crippen LogP contribution in [0.15, 0.2) is 35.3 Å². The average molecular weight is 417 g/mol. The Morgan fingerprint density at radius 3 is 2.82 bits per heavy atom. The third kappa shape index (κ3) is 6.12. The largest absolute Gasteiger partial charge is 0.376 e. The molecule has 1 atom stereocenters. The van der Waals surface area contributed by atoms with Gasteiger partial charge in [0.1, 0.15) is 0 Å². The second-order valence-corrected chi connectivity index (χ2v) is 5.58. The molecule has 124 valence electrons. The monoisotopic (exact) mass is 417 g/mol. The Morgan fingerprint density at radius 2 is 2.14 bits per heavy atom. The van der Waals surface area contributed by atoms with Crippen LogP contribution in [0.2, 0.25) is 0 Å². The summed E-state index contributed by atoms with van der Waals surface area (Å²) in [5, 5.41) is 3.40. The van der Waals surface area contributed by atoms with Gasteiger partial charge in [0.05, 0.1) is 13.2 Å². The van der Waals surface area contributed by atoms with E-state index < -0.39 is 0 Å². The van der Waals surface area contributed by atoms with Crippen LogP contribution >= 0.6 is 24.0 Å². The van der Waals surface area contributed by atoms with Crippen molar-refractivity contribution >= 4 is 29.9 Å². The molecule has 1 fully saturated rings. The van der Waals surface area contributed by atoms with E-state index >= 15 is 0 Å². The number of hydrogen-bond acceptors (Lipinski definition) is 2. The van der Waals surface area contributed by atoms with E-state index in [0.29, 0.717) is 12.5 Å². The molecule has 0 amide bonds. The highest BCUT2D eigenvalue weighted by molar-refractivity contribution is 14.0. The highest BCUT2D eigenvalue weighted by atomic mass is 127. The normalized spacial score (nSPS) is 18.2. The molecule has 1 saturated heterocycles. The van der Waals surface area contributed by atoms with Crippen molar-refractivity contribution < 1.29 is 4.74 Å². The first-order valence-corrected chi connectivity index (χ1v) is 7.90. The predicted molar refractivity (Wildman–Crippen MR) is 103 cm³/mol. The smallest absolute Gasteiger partial charge is 0.193 e. The molecule has 0 bridgehead atoms. The minimum Gasteiger partial charge on any atom is -0.376 e. The zero-order valence-electron chi connectivity index (χ0n) is 13.6. The van der Waals surface area contributed by atoms with Gasteiger partial charge in [-0.25, -0.2) is 0 Å². The van der Waals surface area contributed by atoms with Gasteiger partial charge in [-0.1, -0.05) is 37.3 Å². The lowest BCUT2D eigenvalue weighted by Crippen LogP contribution is -2.40. The molecule has 2 rings (SSSR count). The molecular formula is C17H28IN3O. The van der Waals surface area contributed by atoms with Gasteiger partial charge >= 0.3 is 0 Å². The van der Waals surface area contributed by atoms with Crippen molar-refractivity contribution in [2.45, 2.75) is 26.4 Å². The molecule has 1 aliphatic rings. The van der Waals surface area contributed by atoms with Crippen molar-refractivity contribution in [1.29, 1.82) is 0 Å². The fourth-order valence-electron chi connectivity index (χ4n) is 2.65. The zero-order valence-corrected chi connectivity index (χ0v) is 16.0. The Morgan fingerprint density at radius 1 is 1.36 bits per heavy atom. The number of rotatable bonds is 6. The van der Waals surface area contributed by atoms with E-state index in [1.807, 2.05) is 13.1 Å². The lowest BCUT2D eigenvalue weighted by atomic mass is 10.1. The Balaban J connectivity index is 0.00000242. The van der Waals surface area contributed by atoms with Crippen LogP contribution in [0.5, 0.6) is 0 Å². The fourth-order valence-corrected chi connectivity index (χ4v) is 2.65. The number of ether oxygens (including phenoxy) is 1. The van der Waals surface area contributed by atoms with Crippen molar-refractivity contribution in [2.24, 2.45) is 10.9 Å². The molecule has 1 unspecified atom stereocenters. The van der Waals surface area contributed by atoms with Gasteiger partial charge in [0.2, 0.25) is 0 Å². The summed E-state index contributed by atoms with van der Waals surface area (Å²) in [6.45, 7) is 6.81. The molecule has 0 spiro atoms. The zero-order chi connectivity index (χ0) is 14.9. The van der Waals surface area contributed by atoms with Crippen molar-refractivity contribution in [3.8, 4) is 0 Å². The van der Waals surface area contributed by atoms with Crippen LogP contribution in [-0.4, -0.2) is 44.1 Å². The Hall–Kier alpha value is -0.820. The van der Waals surface area contributed by atoms with Gasteiger partial charge in [0, 0.05) is 32.6 Å². The second-order valence-electron chi connectivity index (χ2n) is 5.58. The molecule has 1 N–H and O–H groups in total. The van der Waals surface area contributed by atoms with Gasteiger partial charge in [-0.15, -0.1) is 24.0 Å². The predicted octanol–water partition coefficient (Wildman–Crippen LogP) is 3.13. The van der Waals surface area contributed by atoms with Gasteiger partial charge in [-0.05, 0) is 18.4 Å². The van der Waals surface area contributed by atoms with Gasteiger partial charge in [0.15, 0.2) is 5.96 Å². The molecule has 1 aromatic rings. The third-order valence-electron chi connectivity index (χ3n) is 3.80. The average Bonchev–Trinajstić information content (AvgIpc) is 2.98. The molecule has 22 heavy (non-hydrogen) atoms. The first-order chi connectivity index (χ1) is 10.3. The van der Waals surface area contributed by atoms with E-state index in [-0.39, 0.29) is 24.0 Å². The summed E-state index contributed by atoms with van der Waals surface area (Å²) in [6, 6.07) is 10.4. The Labute approximate surface area is 151 Å². The summed E-state index contributed by atoms with van der Waals surface area (Å²) in [4.78, 5) is 6.70. The van der Waals surface area contributed by atoms with Crippen LogP contribution in [0.3, 0.4) is 0 Å². The third-order valence-corrected chi connectivity index (χ3v) is 3.80. The molecule has 0 aliphatic carbocycles. The second kappa shape index (κ2) is 10.8. The van der Waals surface area contributed by atoms with E-state index in [1.165, 1.54) is 12.0 Å². The molecule has 1 aromatic carbocycles. The lowest BCUT2D eigenvalue weighted by Gasteiger charge is -2.21. The molecule has 5 heteroatoms. The molecule has 0 saturated carbocycles. The number of nitrogens with one attached hydrogen (secondary N) is 1. The highest BCUT2D eigenvalue weighted by Gasteiger charge is 2.24. The van der Waals surface area contributed by atoms with E-state index in [9.17, 15) is 0 Å². The summed E-state index contributed by atoms with van der Waals surface area (Å²) in [5.74, 6) is 1.64. The summed E-state index contributed by atoms with van der Waals surface area (Å²) < 4.78 is 5.86. The number of nitrogens with zero attached hydrogens (tertiary/aromatic N) is 2. The van der Waals surface area contributed by atoms with Crippen LogP contribution in [-0.2, 0) is 11.3 Å². The van der Waals surface area contributed by atoms with Crippen LogP contribution < -0.4 is 5.32 Å². The van der Waals surface area contributed by atoms with Crippen molar-refractivity contribution in [2.75, 3.05) is 33.3 Å². The van der Waals surface area contributed by atoms with E-state index in [2.05, 4.69) is 46.4 Å². The standard InChI is InChI=1S/C17H27N3O.HI/c1-3-10-19-17(18-2)20-11-9-16(12-20)14-21-13-15-7-5-4-6-8-15;/h4-8,16H,3,9-14H2,1-2H3,(H,18,19);1H. The first kappa shape index (κ1) is 19.2. The maximum absolute atomic E-state index is 5.86. The quantitative estimate of drug-likeness (QED) is 0.439. The molecule has 0 aromatic heterocycles. The van der Waals surface area contributed by atoms with Crippen LogP contribution in [0.1, 0.15) is 25.3 Å². The summed E-state index contributed by atoms with van der Waals surface area (Å²) >= 11 is 0. The number of halogens is 1. The summed E-state index contributed by atoms with van der Waals surface area (Å²) in [7, 11) is 1.86. The van der Waals surface area contributed by atoms with E-state index in [1.54, 1.807) is 0 Å². The van der Waals surface area contributed by atoms with Crippen LogP contribution in [0.25, 0.3) is 0 Å². The van der Waals surface area contributed by atoms with Gasteiger partial charge in [-0.3, -0.25) is 4.99 Å². The van der Waals surface area contributed by atoms with Gasteiger partial charge in [-0.2, -0.15) is 0 Å². The minimum absolute atomic E-state index is 0. The molecule has 1 heterocycles. The number of benzene rings is 1. The van der Waals surface area contributed by atoms with E-state index in [0.717, 1.165) is 38.6 Å². The van der Waals surface area contributed by atoms with Gasteiger partial charge in [0.25, 0.3) is 0 Å². The molecular weight excluding hydrogens is 389 g/mol. The Kier molecular flexibility index (Phi) is 9.47. The fraction of sp³-hybridized carbons (Fsp3) is 0.588. The lowest BCUT2D eigenvalue weighted by molar-refractivity contribution is 0.0907. The number of likely N-dealkylation sites (tertiary alicyclic amines) is 1. The van der Waals surface area contributed by atoms with Crippen LogP contribution in [0.4, 0.5) is 0 Å². The minimum atomic E-state index is 0. The summed E-state index contributed by atoms with van der Waals surface area (Å²) in [6.07, 6.45) is 2.30. The number of guanidine groups is 1. The number of aliphatic imine (C=N–C) groups is 1. The number of hydrogen-bond donors (Lipinski definition) is 1. The van der Waals surface area contributed by atoms with E-state index in [4.69, 9.17) is 4.74 Å². The maximum Gasteiger partial charge on any atom is 0.193 e. The van der Waals surface area contributed by atoms with Crippen LogP contribution in [0, 0.1) is 5.92 Å². The van der Waals surface area contributed by atoms with Crippen molar-refractivity contribution in [3.05, 3.63) is 35.9 Å². The molecule has 1 aliphatic heterocycles. The van der Waals surface area contributed by atoms with Crippen molar-refractivity contribution in [3.63, 3.8) is 0 Å². The highest BCUT2D eigenvalue weighted by Crippen LogP contribution is 2.17. The molecule has 4 nitrogen and oxygen atoms in total. The SMILES string of the molecule is CCCNC(=NC)N1CCC(COCc2ccccc2)C1.I. The first-order valence-electron chi connectivity index (χ1n) is 7.90. The van der Waals surface area contributed by atoms with Crippen molar-refractivity contribution in [1.82, 2.24) is 10.2 Å². The van der Waals surface area contributed by atoms with Gasteiger partial charge < -0.3 is 15.0 Å². The maximum atomic E-state index is 5.86. The summed E-state index contributed by atoms with van der Waals surface area (Å²) in [5.41, 5.74) is 1.24. The topological polar surface area (TPSA) is 36.9 Å². The Bertz CT molecular complexity index is 439.